The van der Waals surface area contributed by atoms with E-state index in [0.29, 0.717) is 13.0 Å². The van der Waals surface area contributed by atoms with E-state index in [2.05, 4.69) is 0 Å². The van der Waals surface area contributed by atoms with Crippen LogP contribution in [-0.4, -0.2) is 43.3 Å². The molecule has 0 N–H and O–H groups in total. The molecule has 0 spiro atoms. The van der Waals surface area contributed by atoms with E-state index in [4.69, 9.17) is 0 Å². The summed E-state index contributed by atoms with van der Waals surface area (Å²) in [6, 6.07) is 4.32. The molecule has 1 aromatic carbocycles. The predicted octanol–water partition coefficient (Wildman–Crippen LogP) is 3.06. The molecular weight excluding hydrogens is 355 g/mol. The van der Waals surface area contributed by atoms with Crippen molar-refractivity contribution >= 4 is 15.7 Å². The third-order valence-corrected chi connectivity index (χ3v) is 6.08. The van der Waals surface area contributed by atoms with E-state index < -0.39 is 21.6 Å². The number of alkyl halides is 3. The fraction of sp³-hybridized carbons (Fsp3) is 0.588. The zero-order valence-electron chi connectivity index (χ0n) is 14.1. The summed E-state index contributed by atoms with van der Waals surface area (Å²) >= 11 is 0. The van der Waals surface area contributed by atoms with Crippen molar-refractivity contribution in [3.63, 3.8) is 0 Å². The number of carbonyl (C=O) groups is 1. The molecule has 1 aliphatic rings. The van der Waals surface area contributed by atoms with E-state index in [1.165, 1.54) is 17.0 Å². The number of unbranched alkanes of at least 4 members (excludes halogenated alkanes) is 1. The molecule has 1 unspecified atom stereocenters. The summed E-state index contributed by atoms with van der Waals surface area (Å²) in [7, 11) is -3.14. The topological polar surface area (TPSA) is 54.5 Å². The van der Waals surface area contributed by atoms with Crippen LogP contribution in [0, 0.1) is 0 Å². The van der Waals surface area contributed by atoms with Crippen molar-refractivity contribution < 1.29 is 26.4 Å². The van der Waals surface area contributed by atoms with E-state index in [9.17, 15) is 26.4 Å². The van der Waals surface area contributed by atoms with Crippen LogP contribution in [0.2, 0.25) is 0 Å². The molecule has 0 aromatic heterocycles. The summed E-state index contributed by atoms with van der Waals surface area (Å²) in [5, 5.41) is 0. The van der Waals surface area contributed by atoms with Crippen molar-refractivity contribution in [3.8, 4) is 0 Å². The maximum atomic E-state index is 12.8. The van der Waals surface area contributed by atoms with Gasteiger partial charge in [0.25, 0.3) is 0 Å². The van der Waals surface area contributed by atoms with Gasteiger partial charge in [0.2, 0.25) is 5.91 Å². The Morgan fingerprint density at radius 2 is 2.04 bits per heavy atom. The summed E-state index contributed by atoms with van der Waals surface area (Å²) in [6.45, 7) is 2.38. The van der Waals surface area contributed by atoms with Gasteiger partial charge in [0.15, 0.2) is 9.84 Å². The SMILES string of the molecule is CCCCN(C(=O)Cc1cccc(C(F)(F)F)c1)C1CCS(=O)(=O)C1. The first-order valence-electron chi connectivity index (χ1n) is 8.28. The highest BCUT2D eigenvalue weighted by molar-refractivity contribution is 7.91. The maximum Gasteiger partial charge on any atom is 0.416 e. The van der Waals surface area contributed by atoms with E-state index in [-0.39, 0.29) is 35.4 Å². The van der Waals surface area contributed by atoms with Crippen LogP contribution >= 0.6 is 0 Å². The Bertz CT molecular complexity index is 716. The lowest BCUT2D eigenvalue weighted by molar-refractivity contribution is -0.138. The Hall–Kier alpha value is -1.57. The van der Waals surface area contributed by atoms with E-state index in [0.717, 1.165) is 25.0 Å². The normalized spacial score (nSPS) is 19.8. The van der Waals surface area contributed by atoms with Crippen LogP contribution < -0.4 is 0 Å². The zero-order chi connectivity index (χ0) is 18.7. The highest BCUT2D eigenvalue weighted by atomic mass is 32.2. The second-order valence-electron chi connectivity index (χ2n) is 6.37. The lowest BCUT2D eigenvalue weighted by Gasteiger charge is -2.28. The molecule has 25 heavy (non-hydrogen) atoms. The molecule has 1 fully saturated rings. The number of hydrogen-bond acceptors (Lipinski definition) is 3. The van der Waals surface area contributed by atoms with E-state index in [1.807, 2.05) is 6.92 Å². The second-order valence-corrected chi connectivity index (χ2v) is 8.60. The van der Waals surface area contributed by atoms with Gasteiger partial charge < -0.3 is 4.90 Å². The first kappa shape index (κ1) is 19.8. The number of sulfone groups is 1. The molecule has 4 nitrogen and oxygen atoms in total. The summed E-state index contributed by atoms with van der Waals surface area (Å²) in [6.07, 6.45) is -2.66. The average Bonchev–Trinajstić information content (AvgIpc) is 2.87. The molecule has 1 aromatic rings. The molecule has 1 heterocycles. The highest BCUT2D eigenvalue weighted by Gasteiger charge is 2.35. The third-order valence-electron chi connectivity index (χ3n) is 4.33. The van der Waals surface area contributed by atoms with Crippen LogP contribution in [-0.2, 0) is 27.2 Å². The molecule has 8 heteroatoms. The molecule has 0 radical (unpaired) electrons. The van der Waals surface area contributed by atoms with Crippen molar-refractivity contribution in [2.45, 2.75) is 44.8 Å². The van der Waals surface area contributed by atoms with Gasteiger partial charge in [0.05, 0.1) is 23.5 Å². The monoisotopic (exact) mass is 377 g/mol. The highest BCUT2D eigenvalue weighted by Crippen LogP contribution is 2.30. The molecule has 0 aliphatic carbocycles. The van der Waals surface area contributed by atoms with Gasteiger partial charge in [0, 0.05) is 12.6 Å². The third kappa shape index (κ3) is 5.45. The van der Waals surface area contributed by atoms with Crippen molar-refractivity contribution in [1.82, 2.24) is 4.90 Å². The molecule has 0 saturated carbocycles. The lowest BCUT2D eigenvalue weighted by atomic mass is 10.1. The summed E-state index contributed by atoms with van der Waals surface area (Å²) < 4.78 is 61.8. The van der Waals surface area contributed by atoms with Crippen molar-refractivity contribution in [2.75, 3.05) is 18.1 Å². The number of amides is 1. The first-order chi connectivity index (χ1) is 11.6. The molecule has 140 valence electrons. The van der Waals surface area contributed by atoms with Gasteiger partial charge in [-0.05, 0) is 24.5 Å². The van der Waals surface area contributed by atoms with Gasteiger partial charge in [-0.3, -0.25) is 4.79 Å². The Morgan fingerprint density at radius 1 is 1.32 bits per heavy atom. The van der Waals surface area contributed by atoms with Gasteiger partial charge in [-0.2, -0.15) is 13.2 Å². The standard InChI is InChI=1S/C17H22F3NO3S/c1-2-3-8-21(15-7-9-25(23,24)12-15)16(22)11-13-5-4-6-14(10-13)17(18,19)20/h4-6,10,15H,2-3,7-9,11-12H2,1H3. The van der Waals surface area contributed by atoms with Crippen LogP contribution in [0.3, 0.4) is 0 Å². The molecule has 0 bridgehead atoms. The number of rotatable bonds is 6. The average molecular weight is 377 g/mol. The lowest BCUT2D eigenvalue weighted by Crippen LogP contribution is -2.42. The molecular formula is C17H22F3NO3S. The van der Waals surface area contributed by atoms with Crippen LogP contribution in [0.5, 0.6) is 0 Å². The summed E-state index contributed by atoms with van der Waals surface area (Å²) in [4.78, 5) is 14.2. The number of nitrogens with zero attached hydrogens (tertiary/aromatic N) is 1. The van der Waals surface area contributed by atoms with Crippen LogP contribution in [0.1, 0.15) is 37.3 Å². The quantitative estimate of drug-likeness (QED) is 0.766. The minimum atomic E-state index is -4.46. The first-order valence-corrected chi connectivity index (χ1v) is 10.1. The number of hydrogen-bond donors (Lipinski definition) is 0. The van der Waals surface area contributed by atoms with Gasteiger partial charge in [0.1, 0.15) is 0 Å². The maximum absolute atomic E-state index is 12.8. The second kappa shape index (κ2) is 7.76. The summed E-state index contributed by atoms with van der Waals surface area (Å²) in [5.74, 6) is -0.336. The van der Waals surface area contributed by atoms with Crippen LogP contribution in [0.25, 0.3) is 0 Å². The number of benzene rings is 1. The molecule has 1 amide bonds. The van der Waals surface area contributed by atoms with Crippen LogP contribution in [0.4, 0.5) is 13.2 Å². The van der Waals surface area contributed by atoms with Gasteiger partial charge in [-0.15, -0.1) is 0 Å². The Kier molecular flexibility index (Phi) is 6.13. The minimum absolute atomic E-state index is 0.0527. The number of halogens is 3. The minimum Gasteiger partial charge on any atom is -0.338 e. The van der Waals surface area contributed by atoms with Gasteiger partial charge in [-0.1, -0.05) is 31.5 Å². The smallest absolute Gasteiger partial charge is 0.338 e. The van der Waals surface area contributed by atoms with E-state index in [1.54, 1.807) is 0 Å². The molecule has 1 saturated heterocycles. The Morgan fingerprint density at radius 3 is 2.60 bits per heavy atom. The predicted molar refractivity (Wildman–Crippen MR) is 88.8 cm³/mol. The zero-order valence-corrected chi connectivity index (χ0v) is 14.9. The fourth-order valence-corrected chi connectivity index (χ4v) is 4.73. The molecule has 1 atom stereocenters. The molecule has 1 aliphatic heterocycles. The van der Waals surface area contributed by atoms with Gasteiger partial charge >= 0.3 is 6.18 Å². The largest absolute Gasteiger partial charge is 0.416 e. The Labute approximate surface area is 145 Å². The Balaban J connectivity index is 2.14. The van der Waals surface area contributed by atoms with E-state index >= 15 is 0 Å². The van der Waals surface area contributed by atoms with Crippen molar-refractivity contribution in [2.24, 2.45) is 0 Å². The van der Waals surface area contributed by atoms with Crippen molar-refractivity contribution in [1.29, 1.82) is 0 Å². The fourth-order valence-electron chi connectivity index (χ4n) is 2.99. The van der Waals surface area contributed by atoms with Crippen molar-refractivity contribution in [3.05, 3.63) is 35.4 Å². The van der Waals surface area contributed by atoms with Crippen LogP contribution in [0.15, 0.2) is 24.3 Å². The number of carbonyl (C=O) groups excluding carboxylic acids is 1. The molecule has 2 rings (SSSR count). The summed E-state index contributed by atoms with van der Waals surface area (Å²) in [5.41, 5.74) is -0.511. The van der Waals surface area contributed by atoms with Gasteiger partial charge in [-0.25, -0.2) is 8.42 Å².